The summed E-state index contributed by atoms with van der Waals surface area (Å²) in [5.41, 5.74) is 9.17. The molecule has 0 bridgehead atoms. The van der Waals surface area contributed by atoms with Crippen LogP contribution in [0, 0.1) is 23.2 Å². The molecule has 0 N–H and O–H groups in total. The standard InChI is InChI=1S/C58H81N2O4S/c1-11-16-37-59-51(15-5)45(9)49(28-24-23-25-44(8)63-39-18-13-3)52(59)34-32-46-30-31-47(57(46)65(61,62)48-26-21-20-22-27-48)41-43(7)56-55-42(6)29-33-50-53(64-40-19-14-4)35-36-54(58(50,55)10)60(56)38-17-12-2/h15,20-24,26,28-29,32-36,41-42,45,48,54-55H,8,11-14,16-19,25,27,30-31,37-40H2,1-7,9-10H3/q+1. The van der Waals surface area contributed by atoms with Gasteiger partial charge in [-0.3, -0.25) is 0 Å². The van der Waals surface area contributed by atoms with E-state index in [9.17, 15) is 0 Å². The van der Waals surface area contributed by atoms with E-state index in [0.717, 1.165) is 99.4 Å². The van der Waals surface area contributed by atoms with Crippen LogP contribution in [0.3, 0.4) is 0 Å². The highest BCUT2D eigenvalue weighted by Crippen LogP contribution is 2.56. The van der Waals surface area contributed by atoms with E-state index < -0.39 is 15.1 Å². The zero-order valence-electron chi connectivity index (χ0n) is 41.5. The Balaban J connectivity index is 1.46. The maximum atomic E-state index is 15.1. The van der Waals surface area contributed by atoms with Crippen molar-refractivity contribution < 1.29 is 22.5 Å². The van der Waals surface area contributed by atoms with Crippen molar-refractivity contribution in [2.45, 2.75) is 151 Å². The summed E-state index contributed by atoms with van der Waals surface area (Å²) in [5, 5.41) is -0.599. The molecule has 6 unspecified atom stereocenters. The first kappa shape index (κ1) is 50.1. The van der Waals surface area contributed by atoms with Gasteiger partial charge >= 0.3 is 0 Å². The SMILES string of the molecule is C=C(CC=CC=C1C(=CC=C2CCC(C=C(C)C3=[N+](CCCC)C4C=CC(OCCCC)=C5C=CC(C)C3C54C)=C2S(=O)(=O)C2C=CC=CC2)N(CCCC)C(=CC)C1C)OCCCC. The van der Waals surface area contributed by atoms with Crippen molar-refractivity contribution in [2.75, 3.05) is 26.3 Å². The zero-order chi connectivity index (χ0) is 46.7. The molecule has 0 aromatic heterocycles. The van der Waals surface area contributed by atoms with Crippen LogP contribution in [0.2, 0.25) is 0 Å². The summed E-state index contributed by atoms with van der Waals surface area (Å²) in [6, 6.07) is 0.196. The monoisotopic (exact) mass is 902 g/mol. The lowest BCUT2D eigenvalue weighted by Crippen LogP contribution is -2.45. The Hall–Kier alpha value is -4.36. The maximum Gasteiger partial charge on any atom is 0.185 e. The summed E-state index contributed by atoms with van der Waals surface area (Å²) >= 11 is 0. The van der Waals surface area contributed by atoms with Gasteiger partial charge in [0, 0.05) is 47.8 Å². The molecule has 1 fully saturated rings. The highest BCUT2D eigenvalue weighted by molar-refractivity contribution is 7.96. The average molecular weight is 902 g/mol. The van der Waals surface area contributed by atoms with Gasteiger partial charge in [0.25, 0.3) is 0 Å². The maximum absolute atomic E-state index is 15.1. The predicted octanol–water partition coefficient (Wildman–Crippen LogP) is 14.1. The molecule has 6 rings (SSSR count). The molecule has 4 aliphatic carbocycles. The first-order valence-corrected chi connectivity index (χ1v) is 26.8. The molecular formula is C58H81N2O4S+. The van der Waals surface area contributed by atoms with Crippen LogP contribution in [0.4, 0.5) is 0 Å². The van der Waals surface area contributed by atoms with E-state index in [-0.39, 0.29) is 23.3 Å². The molecule has 1 saturated heterocycles. The Morgan fingerprint density at radius 2 is 1.69 bits per heavy atom. The molecule has 0 amide bonds. The van der Waals surface area contributed by atoms with E-state index in [1.807, 2.05) is 24.3 Å². The number of ether oxygens (including phenoxy) is 2. The van der Waals surface area contributed by atoms with Gasteiger partial charge < -0.3 is 14.4 Å². The van der Waals surface area contributed by atoms with Gasteiger partial charge in [-0.15, -0.1) is 0 Å². The molecule has 7 heteroatoms. The van der Waals surface area contributed by atoms with Gasteiger partial charge in [-0.25, -0.2) is 13.0 Å². The van der Waals surface area contributed by atoms with Crippen LogP contribution in [0.25, 0.3) is 0 Å². The summed E-state index contributed by atoms with van der Waals surface area (Å²) in [6.07, 6.45) is 43.6. The summed E-state index contributed by atoms with van der Waals surface area (Å²) in [4.78, 5) is 2.98. The number of sulfone groups is 1. The van der Waals surface area contributed by atoms with Gasteiger partial charge in [0.05, 0.1) is 40.5 Å². The van der Waals surface area contributed by atoms with Crippen LogP contribution < -0.4 is 0 Å². The fourth-order valence-electron chi connectivity index (χ4n) is 11.1. The second-order valence-electron chi connectivity index (χ2n) is 19.2. The molecule has 0 radical (unpaired) electrons. The Kier molecular flexibility index (Phi) is 17.6. The van der Waals surface area contributed by atoms with Gasteiger partial charge in [-0.1, -0.05) is 141 Å². The van der Waals surface area contributed by atoms with Crippen molar-refractivity contribution in [1.82, 2.24) is 4.90 Å². The lowest BCUT2D eigenvalue weighted by atomic mass is 9.58. The van der Waals surface area contributed by atoms with Gasteiger partial charge in [-0.2, -0.15) is 0 Å². The number of hydrogen-bond acceptors (Lipinski definition) is 5. The summed E-state index contributed by atoms with van der Waals surface area (Å²) in [5.74, 6) is 2.53. The van der Waals surface area contributed by atoms with E-state index in [2.05, 4.69) is 145 Å². The number of nitrogens with zero attached hydrogens (tertiary/aromatic N) is 2. The number of allylic oxidation sites excluding steroid dienone is 18. The molecular weight excluding hydrogens is 821 g/mol. The third-order valence-electron chi connectivity index (χ3n) is 14.6. The van der Waals surface area contributed by atoms with Gasteiger partial charge in [0.15, 0.2) is 21.6 Å². The van der Waals surface area contributed by atoms with Crippen molar-refractivity contribution in [1.29, 1.82) is 0 Å². The van der Waals surface area contributed by atoms with Crippen LogP contribution >= 0.6 is 0 Å². The molecule has 0 aromatic rings. The molecule has 0 spiro atoms. The van der Waals surface area contributed by atoms with Crippen LogP contribution in [0.15, 0.2) is 153 Å². The minimum absolute atomic E-state index is 0.164. The summed E-state index contributed by atoms with van der Waals surface area (Å²) in [7, 11) is -3.72. The highest BCUT2D eigenvalue weighted by atomic mass is 32.2. The molecule has 6 nitrogen and oxygen atoms in total. The summed E-state index contributed by atoms with van der Waals surface area (Å²) in [6.45, 7) is 27.8. The van der Waals surface area contributed by atoms with Crippen molar-refractivity contribution in [3.05, 3.63) is 153 Å². The van der Waals surface area contributed by atoms with Gasteiger partial charge in [-0.05, 0) is 106 Å². The third kappa shape index (κ3) is 10.6. The second kappa shape index (κ2) is 22.9. The first-order valence-electron chi connectivity index (χ1n) is 25.3. The lowest BCUT2D eigenvalue weighted by molar-refractivity contribution is -0.557. The van der Waals surface area contributed by atoms with E-state index in [1.54, 1.807) is 0 Å². The Bertz CT molecular complexity index is 2300. The molecule has 2 aliphatic heterocycles. The van der Waals surface area contributed by atoms with Gasteiger partial charge in [0.1, 0.15) is 12.3 Å². The quantitative estimate of drug-likeness (QED) is 0.0615. The second-order valence-corrected chi connectivity index (χ2v) is 21.3. The number of likely N-dealkylation sites (tertiary alicyclic amines) is 1. The Labute approximate surface area is 394 Å². The lowest BCUT2D eigenvalue weighted by Gasteiger charge is -2.41. The van der Waals surface area contributed by atoms with Crippen LogP contribution in [0.1, 0.15) is 139 Å². The van der Waals surface area contributed by atoms with E-state index >= 15 is 8.42 Å². The zero-order valence-corrected chi connectivity index (χ0v) is 42.3. The average Bonchev–Trinajstić information content (AvgIpc) is 3.91. The fourth-order valence-corrected chi connectivity index (χ4v) is 13.1. The van der Waals surface area contributed by atoms with Crippen LogP contribution in [-0.2, 0) is 19.3 Å². The topological polar surface area (TPSA) is 58.9 Å². The minimum Gasteiger partial charge on any atom is -0.498 e. The molecule has 0 saturated carbocycles. The van der Waals surface area contributed by atoms with Crippen molar-refractivity contribution in [3.8, 4) is 0 Å². The van der Waals surface area contributed by atoms with E-state index in [4.69, 9.17) is 9.47 Å². The predicted molar refractivity (Wildman–Crippen MR) is 274 cm³/mol. The number of unbranched alkanes of at least 4 members (excludes halogenated alkanes) is 4. The van der Waals surface area contributed by atoms with E-state index in [0.29, 0.717) is 43.1 Å². The van der Waals surface area contributed by atoms with E-state index in [1.165, 1.54) is 28.1 Å². The van der Waals surface area contributed by atoms with Crippen LogP contribution in [0.5, 0.6) is 0 Å². The van der Waals surface area contributed by atoms with Crippen molar-refractivity contribution in [2.24, 2.45) is 23.2 Å². The Morgan fingerprint density at radius 3 is 2.40 bits per heavy atom. The van der Waals surface area contributed by atoms with Crippen molar-refractivity contribution in [3.63, 3.8) is 0 Å². The number of hydrogen-bond donors (Lipinski definition) is 0. The smallest absolute Gasteiger partial charge is 0.185 e. The molecule has 65 heavy (non-hydrogen) atoms. The fraction of sp³-hybridized carbons (Fsp3) is 0.534. The van der Waals surface area contributed by atoms with Crippen LogP contribution in [-0.4, -0.2) is 61.2 Å². The summed E-state index contributed by atoms with van der Waals surface area (Å²) < 4.78 is 45.3. The number of rotatable bonds is 22. The molecule has 6 atom stereocenters. The minimum atomic E-state index is -3.72. The third-order valence-corrected chi connectivity index (χ3v) is 16.8. The molecule has 2 heterocycles. The Morgan fingerprint density at radius 1 is 0.938 bits per heavy atom. The van der Waals surface area contributed by atoms with Crippen molar-refractivity contribution >= 4 is 15.5 Å². The molecule has 6 aliphatic rings. The first-order chi connectivity index (χ1) is 31.4. The van der Waals surface area contributed by atoms with Gasteiger partial charge in [0.2, 0.25) is 0 Å². The largest absolute Gasteiger partial charge is 0.498 e. The molecule has 352 valence electrons. The normalized spacial score (nSPS) is 29.1. The molecule has 0 aromatic carbocycles. The highest BCUT2D eigenvalue weighted by Gasteiger charge is 2.62.